The summed E-state index contributed by atoms with van der Waals surface area (Å²) >= 11 is 1.40. The lowest BCUT2D eigenvalue weighted by molar-refractivity contribution is 0.103. The number of aromatic amines is 1. The Morgan fingerprint density at radius 3 is 2.75 bits per heavy atom. The first-order valence-corrected chi connectivity index (χ1v) is 6.95. The summed E-state index contributed by atoms with van der Waals surface area (Å²) in [5.41, 5.74) is 1.94. The van der Waals surface area contributed by atoms with E-state index in [1.165, 1.54) is 11.3 Å². The molecular weight excluding hydrogens is 272 g/mol. The van der Waals surface area contributed by atoms with Gasteiger partial charge in [-0.15, -0.1) is 16.4 Å². The molecule has 0 fully saturated rings. The van der Waals surface area contributed by atoms with E-state index in [2.05, 4.69) is 20.5 Å². The van der Waals surface area contributed by atoms with Crippen LogP contribution in [0, 0.1) is 6.92 Å². The predicted octanol–water partition coefficient (Wildman–Crippen LogP) is 3.09. The second kappa shape index (κ2) is 5.26. The fraction of sp³-hybridized carbons (Fsp3) is 0.0714. The van der Waals surface area contributed by atoms with Crippen molar-refractivity contribution >= 4 is 23.2 Å². The first-order chi connectivity index (χ1) is 9.74. The molecule has 0 saturated heterocycles. The van der Waals surface area contributed by atoms with Crippen LogP contribution in [0.2, 0.25) is 0 Å². The standard InChI is InChI=1S/C14H12N4OS/c1-9-15-14(18-17-9)16-13(19)12-11(7-8-20-12)10-5-3-2-4-6-10/h2-8H,1H3,(H2,15,16,17,18,19). The monoisotopic (exact) mass is 284 g/mol. The Hall–Kier alpha value is -2.47. The van der Waals surface area contributed by atoms with Gasteiger partial charge < -0.3 is 0 Å². The minimum absolute atomic E-state index is 0.196. The lowest BCUT2D eigenvalue weighted by atomic mass is 10.1. The van der Waals surface area contributed by atoms with E-state index in [0.29, 0.717) is 16.6 Å². The van der Waals surface area contributed by atoms with Gasteiger partial charge in [0.2, 0.25) is 5.95 Å². The number of aromatic nitrogens is 3. The molecule has 0 bridgehead atoms. The first-order valence-electron chi connectivity index (χ1n) is 6.07. The van der Waals surface area contributed by atoms with Gasteiger partial charge in [0.05, 0.1) is 0 Å². The highest BCUT2D eigenvalue weighted by molar-refractivity contribution is 7.12. The molecule has 6 heteroatoms. The van der Waals surface area contributed by atoms with Crippen LogP contribution in [0.4, 0.5) is 5.95 Å². The van der Waals surface area contributed by atoms with Crippen LogP contribution >= 0.6 is 11.3 Å². The maximum atomic E-state index is 12.3. The summed E-state index contributed by atoms with van der Waals surface area (Å²) in [7, 11) is 0. The number of anilines is 1. The van der Waals surface area contributed by atoms with Crippen LogP contribution in [0.1, 0.15) is 15.5 Å². The molecule has 100 valence electrons. The van der Waals surface area contributed by atoms with Crippen LogP contribution in [-0.4, -0.2) is 21.1 Å². The fourth-order valence-electron chi connectivity index (χ4n) is 1.89. The molecule has 20 heavy (non-hydrogen) atoms. The van der Waals surface area contributed by atoms with Crippen LogP contribution in [0.5, 0.6) is 0 Å². The largest absolute Gasteiger partial charge is 0.288 e. The molecule has 0 radical (unpaired) electrons. The summed E-state index contributed by atoms with van der Waals surface area (Å²) in [5, 5.41) is 11.2. The summed E-state index contributed by atoms with van der Waals surface area (Å²) < 4.78 is 0. The highest BCUT2D eigenvalue weighted by Crippen LogP contribution is 2.28. The molecule has 0 saturated carbocycles. The van der Waals surface area contributed by atoms with Gasteiger partial charge >= 0.3 is 0 Å². The van der Waals surface area contributed by atoms with E-state index in [4.69, 9.17) is 0 Å². The number of nitrogens with one attached hydrogen (secondary N) is 2. The molecule has 0 spiro atoms. The molecule has 5 nitrogen and oxygen atoms in total. The van der Waals surface area contributed by atoms with Gasteiger partial charge in [-0.3, -0.25) is 15.2 Å². The molecule has 1 amide bonds. The smallest absolute Gasteiger partial charge is 0.268 e. The molecule has 2 N–H and O–H groups in total. The third kappa shape index (κ3) is 2.46. The molecule has 3 rings (SSSR count). The SMILES string of the molecule is Cc1nc(NC(=O)c2sccc2-c2ccccc2)n[nH]1. The van der Waals surface area contributed by atoms with Crippen molar-refractivity contribution in [2.24, 2.45) is 0 Å². The Morgan fingerprint density at radius 1 is 1.25 bits per heavy atom. The van der Waals surface area contributed by atoms with E-state index < -0.39 is 0 Å². The number of carbonyl (C=O) groups excluding carboxylic acids is 1. The number of thiophene rings is 1. The van der Waals surface area contributed by atoms with Gasteiger partial charge in [0.25, 0.3) is 5.91 Å². The lowest BCUT2D eigenvalue weighted by Gasteiger charge is -2.03. The summed E-state index contributed by atoms with van der Waals surface area (Å²) in [6.45, 7) is 1.78. The van der Waals surface area contributed by atoms with Gasteiger partial charge in [-0.25, -0.2) is 0 Å². The van der Waals surface area contributed by atoms with Crippen molar-refractivity contribution in [1.82, 2.24) is 15.2 Å². The number of benzene rings is 1. The second-order valence-corrected chi connectivity index (χ2v) is 5.14. The molecule has 2 heterocycles. The van der Waals surface area contributed by atoms with Crippen molar-refractivity contribution in [3.05, 3.63) is 52.5 Å². The average Bonchev–Trinajstić information content (AvgIpc) is 3.09. The molecule has 0 aliphatic carbocycles. The van der Waals surface area contributed by atoms with Crippen molar-refractivity contribution in [3.8, 4) is 11.1 Å². The van der Waals surface area contributed by atoms with Gasteiger partial charge in [0.15, 0.2) is 0 Å². The van der Waals surface area contributed by atoms with Gasteiger partial charge in [-0.2, -0.15) is 4.98 Å². The minimum atomic E-state index is -0.196. The van der Waals surface area contributed by atoms with E-state index >= 15 is 0 Å². The van der Waals surface area contributed by atoms with Crippen LogP contribution in [0.15, 0.2) is 41.8 Å². The van der Waals surface area contributed by atoms with Crippen molar-refractivity contribution in [2.75, 3.05) is 5.32 Å². The number of H-pyrrole nitrogens is 1. The number of aryl methyl sites for hydroxylation is 1. The van der Waals surface area contributed by atoms with Crippen molar-refractivity contribution in [3.63, 3.8) is 0 Å². The first kappa shape index (κ1) is 12.6. The molecule has 2 aromatic heterocycles. The number of hydrogen-bond donors (Lipinski definition) is 2. The summed E-state index contributed by atoms with van der Waals surface area (Å²) in [5.74, 6) is 0.757. The zero-order valence-corrected chi connectivity index (χ0v) is 11.6. The molecule has 1 aromatic carbocycles. The van der Waals surface area contributed by atoms with E-state index in [1.54, 1.807) is 6.92 Å². The second-order valence-electron chi connectivity index (χ2n) is 4.23. The molecular formula is C14H12N4OS. The number of nitrogens with zero attached hydrogens (tertiary/aromatic N) is 2. The van der Waals surface area contributed by atoms with Gasteiger partial charge in [-0.1, -0.05) is 30.3 Å². The Balaban J connectivity index is 1.88. The van der Waals surface area contributed by atoms with Crippen molar-refractivity contribution in [1.29, 1.82) is 0 Å². The van der Waals surface area contributed by atoms with Crippen molar-refractivity contribution in [2.45, 2.75) is 6.92 Å². The molecule has 0 atom stereocenters. The number of amides is 1. The Morgan fingerprint density at radius 2 is 2.05 bits per heavy atom. The maximum Gasteiger partial charge on any atom is 0.268 e. The summed E-state index contributed by atoms with van der Waals surface area (Å²) in [6.07, 6.45) is 0. The third-order valence-corrected chi connectivity index (χ3v) is 3.69. The zero-order valence-electron chi connectivity index (χ0n) is 10.8. The van der Waals surface area contributed by atoms with Crippen LogP contribution < -0.4 is 5.32 Å². The molecule has 3 aromatic rings. The van der Waals surface area contributed by atoms with Gasteiger partial charge in [-0.05, 0) is 23.9 Å². The van der Waals surface area contributed by atoms with Crippen LogP contribution in [0.3, 0.4) is 0 Å². The minimum Gasteiger partial charge on any atom is -0.288 e. The van der Waals surface area contributed by atoms with Gasteiger partial charge in [0.1, 0.15) is 10.7 Å². The lowest BCUT2D eigenvalue weighted by Crippen LogP contribution is -2.12. The normalized spacial score (nSPS) is 10.4. The number of hydrogen-bond acceptors (Lipinski definition) is 4. The van der Waals surface area contributed by atoms with Crippen LogP contribution in [0.25, 0.3) is 11.1 Å². The number of carbonyl (C=O) groups is 1. The molecule has 0 aliphatic rings. The Bertz CT molecular complexity index is 732. The fourth-order valence-corrected chi connectivity index (χ4v) is 2.70. The summed E-state index contributed by atoms with van der Waals surface area (Å²) in [6, 6.07) is 11.8. The average molecular weight is 284 g/mol. The number of rotatable bonds is 3. The van der Waals surface area contributed by atoms with E-state index in [0.717, 1.165) is 11.1 Å². The topological polar surface area (TPSA) is 70.7 Å². The summed E-state index contributed by atoms with van der Waals surface area (Å²) in [4.78, 5) is 17.0. The Kier molecular flexibility index (Phi) is 3.30. The predicted molar refractivity (Wildman–Crippen MR) is 78.8 cm³/mol. The quantitative estimate of drug-likeness (QED) is 0.776. The van der Waals surface area contributed by atoms with E-state index in [9.17, 15) is 4.79 Å². The highest BCUT2D eigenvalue weighted by atomic mass is 32.1. The maximum absolute atomic E-state index is 12.3. The van der Waals surface area contributed by atoms with E-state index in [1.807, 2.05) is 41.8 Å². The van der Waals surface area contributed by atoms with Gasteiger partial charge in [0, 0.05) is 5.56 Å². The van der Waals surface area contributed by atoms with E-state index in [-0.39, 0.29) is 5.91 Å². The van der Waals surface area contributed by atoms with Crippen LogP contribution in [-0.2, 0) is 0 Å². The molecule has 0 unspecified atom stereocenters. The Labute approximate surface area is 119 Å². The highest BCUT2D eigenvalue weighted by Gasteiger charge is 2.16. The zero-order chi connectivity index (χ0) is 13.9. The van der Waals surface area contributed by atoms with Crippen molar-refractivity contribution < 1.29 is 4.79 Å². The molecule has 0 aliphatic heterocycles. The third-order valence-electron chi connectivity index (χ3n) is 2.78.